The van der Waals surface area contributed by atoms with Crippen molar-refractivity contribution in [2.24, 2.45) is 0 Å². The van der Waals surface area contributed by atoms with E-state index in [1.54, 1.807) is 18.2 Å². The van der Waals surface area contributed by atoms with Crippen LogP contribution in [-0.2, 0) is 6.42 Å². The Bertz CT molecular complexity index is 500. The SMILES string of the molecule is O=[N+]([O-])C(Cc1cc2ccccc2o1)C(O)O. The lowest BCUT2D eigenvalue weighted by atomic mass is 10.1. The van der Waals surface area contributed by atoms with Gasteiger partial charge in [-0.25, -0.2) is 0 Å². The fourth-order valence-corrected chi connectivity index (χ4v) is 1.63. The Balaban J connectivity index is 2.25. The predicted octanol–water partition coefficient (Wildman–Crippen LogP) is 0.931. The highest BCUT2D eigenvalue weighted by Gasteiger charge is 2.29. The van der Waals surface area contributed by atoms with Crippen LogP contribution in [0.5, 0.6) is 0 Å². The Morgan fingerprint density at radius 1 is 1.35 bits per heavy atom. The zero-order chi connectivity index (χ0) is 12.4. The van der Waals surface area contributed by atoms with E-state index in [1.807, 2.05) is 12.1 Å². The summed E-state index contributed by atoms with van der Waals surface area (Å²) in [6.07, 6.45) is -2.16. The number of para-hydroxylation sites is 1. The summed E-state index contributed by atoms with van der Waals surface area (Å²) >= 11 is 0. The summed E-state index contributed by atoms with van der Waals surface area (Å²) in [4.78, 5) is 9.88. The van der Waals surface area contributed by atoms with Gasteiger partial charge in [0.25, 0.3) is 6.04 Å². The zero-order valence-electron chi connectivity index (χ0n) is 8.81. The van der Waals surface area contributed by atoms with Crippen LogP contribution in [0.15, 0.2) is 34.7 Å². The topological polar surface area (TPSA) is 96.7 Å². The molecule has 6 nitrogen and oxygen atoms in total. The lowest BCUT2D eigenvalue weighted by Crippen LogP contribution is -2.35. The molecule has 2 aromatic rings. The minimum atomic E-state index is -2.00. The second kappa shape index (κ2) is 4.52. The smallest absolute Gasteiger partial charge is 0.269 e. The average Bonchev–Trinajstić information content (AvgIpc) is 2.67. The van der Waals surface area contributed by atoms with Crippen LogP contribution in [0, 0.1) is 10.1 Å². The van der Waals surface area contributed by atoms with Crippen molar-refractivity contribution >= 4 is 11.0 Å². The molecule has 0 bridgehead atoms. The minimum Gasteiger partial charge on any atom is -0.461 e. The molecule has 0 amide bonds. The van der Waals surface area contributed by atoms with Gasteiger partial charge in [0.2, 0.25) is 6.29 Å². The van der Waals surface area contributed by atoms with Crippen molar-refractivity contribution < 1.29 is 19.6 Å². The van der Waals surface area contributed by atoms with Gasteiger partial charge in [-0.2, -0.15) is 0 Å². The Kier molecular flexibility index (Phi) is 3.08. The number of aliphatic hydroxyl groups is 2. The molecule has 0 aliphatic heterocycles. The first-order valence-electron chi connectivity index (χ1n) is 5.05. The van der Waals surface area contributed by atoms with E-state index < -0.39 is 17.3 Å². The second-order valence-electron chi connectivity index (χ2n) is 3.72. The van der Waals surface area contributed by atoms with Gasteiger partial charge in [-0.05, 0) is 12.1 Å². The van der Waals surface area contributed by atoms with Gasteiger partial charge in [-0.3, -0.25) is 10.1 Å². The van der Waals surface area contributed by atoms with Gasteiger partial charge in [0, 0.05) is 10.3 Å². The van der Waals surface area contributed by atoms with Crippen LogP contribution in [0.4, 0.5) is 0 Å². The first kappa shape index (κ1) is 11.6. The van der Waals surface area contributed by atoms with Crippen LogP contribution >= 0.6 is 0 Å². The summed E-state index contributed by atoms with van der Waals surface area (Å²) in [7, 11) is 0. The van der Waals surface area contributed by atoms with Crippen LogP contribution in [0.25, 0.3) is 11.0 Å². The highest BCUT2D eigenvalue weighted by Crippen LogP contribution is 2.20. The fourth-order valence-electron chi connectivity index (χ4n) is 1.63. The van der Waals surface area contributed by atoms with Gasteiger partial charge in [0.15, 0.2) is 0 Å². The molecule has 90 valence electrons. The molecule has 1 aromatic heterocycles. The maximum absolute atomic E-state index is 10.6. The molecule has 0 aliphatic carbocycles. The average molecular weight is 237 g/mol. The number of aliphatic hydroxyl groups excluding tert-OH is 1. The first-order valence-corrected chi connectivity index (χ1v) is 5.05. The lowest BCUT2D eigenvalue weighted by Gasteiger charge is -2.08. The molecule has 0 saturated heterocycles. The molecule has 1 heterocycles. The summed E-state index contributed by atoms with van der Waals surface area (Å²) in [5, 5.41) is 29.2. The Hall–Kier alpha value is -1.92. The lowest BCUT2D eigenvalue weighted by molar-refractivity contribution is -0.546. The summed E-state index contributed by atoms with van der Waals surface area (Å²) in [6.45, 7) is 0. The molecule has 6 heteroatoms. The number of benzene rings is 1. The standard InChI is InChI=1S/C11H11NO5/c13-11(14)9(12(15)16)6-8-5-7-3-1-2-4-10(7)17-8/h1-5,9,11,13-14H,6H2. The van der Waals surface area contributed by atoms with Gasteiger partial charge in [0.05, 0.1) is 6.42 Å². The van der Waals surface area contributed by atoms with Crippen molar-refractivity contribution in [2.75, 3.05) is 0 Å². The van der Waals surface area contributed by atoms with Gasteiger partial charge < -0.3 is 14.6 Å². The molecule has 2 N–H and O–H groups in total. The summed E-state index contributed by atoms with van der Waals surface area (Å²) < 4.78 is 5.37. The molecular weight excluding hydrogens is 226 g/mol. The van der Waals surface area contributed by atoms with Crippen LogP contribution < -0.4 is 0 Å². The number of nitro groups is 1. The van der Waals surface area contributed by atoms with E-state index in [0.717, 1.165) is 5.39 Å². The van der Waals surface area contributed by atoms with E-state index in [9.17, 15) is 10.1 Å². The van der Waals surface area contributed by atoms with Crippen molar-refractivity contribution in [3.05, 3.63) is 46.2 Å². The van der Waals surface area contributed by atoms with Crippen molar-refractivity contribution in [2.45, 2.75) is 18.8 Å². The third kappa shape index (κ3) is 2.43. The molecule has 1 unspecified atom stereocenters. The molecule has 2 rings (SSSR count). The summed E-state index contributed by atoms with van der Waals surface area (Å²) in [5.41, 5.74) is 0.622. The van der Waals surface area contributed by atoms with Gasteiger partial charge in [-0.1, -0.05) is 18.2 Å². The molecule has 1 aromatic carbocycles. The molecule has 17 heavy (non-hydrogen) atoms. The monoisotopic (exact) mass is 237 g/mol. The highest BCUT2D eigenvalue weighted by molar-refractivity contribution is 5.77. The van der Waals surface area contributed by atoms with E-state index in [0.29, 0.717) is 11.3 Å². The van der Waals surface area contributed by atoms with Gasteiger partial charge >= 0.3 is 0 Å². The third-order valence-corrected chi connectivity index (χ3v) is 2.50. The van der Waals surface area contributed by atoms with Gasteiger partial charge in [-0.15, -0.1) is 0 Å². The first-order chi connectivity index (χ1) is 8.08. The van der Waals surface area contributed by atoms with E-state index >= 15 is 0 Å². The highest BCUT2D eigenvalue weighted by atomic mass is 16.6. The second-order valence-corrected chi connectivity index (χ2v) is 3.72. The predicted molar refractivity (Wildman–Crippen MR) is 58.9 cm³/mol. The van der Waals surface area contributed by atoms with Crippen LogP contribution in [0.1, 0.15) is 5.76 Å². The van der Waals surface area contributed by atoms with Gasteiger partial charge in [0.1, 0.15) is 11.3 Å². The Morgan fingerprint density at radius 3 is 2.65 bits per heavy atom. The number of rotatable bonds is 4. The quantitative estimate of drug-likeness (QED) is 0.468. The maximum atomic E-state index is 10.6. The van der Waals surface area contributed by atoms with Crippen molar-refractivity contribution in [3.8, 4) is 0 Å². The number of hydrogen-bond acceptors (Lipinski definition) is 5. The molecular formula is C11H11NO5. The number of fused-ring (bicyclic) bond motifs is 1. The van der Waals surface area contributed by atoms with Crippen LogP contribution in [0.3, 0.4) is 0 Å². The van der Waals surface area contributed by atoms with Crippen molar-refractivity contribution in [1.29, 1.82) is 0 Å². The van der Waals surface area contributed by atoms with E-state index in [4.69, 9.17) is 14.6 Å². The van der Waals surface area contributed by atoms with Crippen LogP contribution in [-0.4, -0.2) is 27.5 Å². The Labute approximate surface area is 96.2 Å². The number of hydrogen-bond donors (Lipinski definition) is 2. The van der Waals surface area contributed by atoms with E-state index in [-0.39, 0.29) is 6.42 Å². The molecule has 1 atom stereocenters. The fraction of sp³-hybridized carbons (Fsp3) is 0.273. The Morgan fingerprint density at radius 2 is 2.06 bits per heavy atom. The molecule has 0 radical (unpaired) electrons. The molecule has 0 saturated carbocycles. The summed E-state index contributed by atoms with van der Waals surface area (Å²) in [5.74, 6) is 0.362. The minimum absolute atomic E-state index is 0.153. The van der Waals surface area contributed by atoms with Crippen LogP contribution in [0.2, 0.25) is 0 Å². The van der Waals surface area contributed by atoms with E-state index in [2.05, 4.69) is 0 Å². The largest absolute Gasteiger partial charge is 0.461 e. The molecule has 0 aliphatic rings. The molecule has 0 spiro atoms. The number of nitrogens with zero attached hydrogens (tertiary/aromatic N) is 1. The normalized spacial score (nSPS) is 13.1. The van der Waals surface area contributed by atoms with E-state index in [1.165, 1.54) is 0 Å². The third-order valence-electron chi connectivity index (χ3n) is 2.50. The van der Waals surface area contributed by atoms with Crippen molar-refractivity contribution in [3.63, 3.8) is 0 Å². The maximum Gasteiger partial charge on any atom is 0.269 e. The summed E-state index contributed by atoms with van der Waals surface area (Å²) in [6, 6.07) is 7.37. The number of furan rings is 1. The molecule has 0 fully saturated rings. The van der Waals surface area contributed by atoms with Crippen molar-refractivity contribution in [1.82, 2.24) is 0 Å². The zero-order valence-corrected chi connectivity index (χ0v) is 8.81.